The van der Waals surface area contributed by atoms with E-state index in [1.165, 1.54) is 11.9 Å². The highest BCUT2D eigenvalue weighted by molar-refractivity contribution is 5.98. The van der Waals surface area contributed by atoms with Gasteiger partial charge in [-0.15, -0.1) is 5.10 Å². The van der Waals surface area contributed by atoms with Crippen molar-refractivity contribution in [2.75, 3.05) is 64.5 Å². The molecular formula is C37H45N9O3. The molecular weight excluding hydrogens is 618 g/mol. The molecule has 1 atom stereocenters. The highest BCUT2D eigenvalue weighted by Crippen LogP contribution is 2.39. The third-order valence-electron chi connectivity index (χ3n) is 10.3. The minimum Gasteiger partial charge on any atom is -0.496 e. The van der Waals surface area contributed by atoms with Crippen LogP contribution < -0.4 is 9.64 Å². The zero-order valence-corrected chi connectivity index (χ0v) is 28.4. The van der Waals surface area contributed by atoms with Crippen LogP contribution in [0, 0.1) is 0 Å². The van der Waals surface area contributed by atoms with Crippen molar-refractivity contribution in [3.05, 3.63) is 90.3 Å². The first-order valence-corrected chi connectivity index (χ1v) is 17.3. The average molecular weight is 664 g/mol. The third kappa shape index (κ3) is 7.02. The standard InChI is InChI=1S/C37H45N9O3/c1-3-49-24-23-45(36-39-32-11-7-8-12-33(32)40-36)29-15-19-43(20-16-29)21-17-37(28-9-5-4-6-10-28)18-22-44(26-37)35(47)31-25-30(13-14-34(31)48-2)46-27-38-41-42-46/h4-14,25,27,29H,3,15-24,26H2,1-2H3,(H,39,40). The second-order valence-electron chi connectivity index (χ2n) is 13.1. The number of carbonyl (C=O) groups is 1. The van der Waals surface area contributed by atoms with Crippen LogP contribution in [0.5, 0.6) is 5.75 Å². The number of rotatable bonds is 13. The van der Waals surface area contributed by atoms with E-state index in [9.17, 15) is 4.79 Å². The number of fused-ring (bicyclic) bond motifs is 1. The van der Waals surface area contributed by atoms with Crippen LogP contribution in [0.2, 0.25) is 0 Å². The van der Waals surface area contributed by atoms with E-state index >= 15 is 0 Å². The number of anilines is 1. The summed E-state index contributed by atoms with van der Waals surface area (Å²) >= 11 is 0. The van der Waals surface area contributed by atoms with E-state index in [2.05, 4.69) is 72.8 Å². The molecule has 0 saturated carbocycles. The summed E-state index contributed by atoms with van der Waals surface area (Å²) in [7, 11) is 1.60. The van der Waals surface area contributed by atoms with Crippen LogP contribution in [0.1, 0.15) is 48.5 Å². The Morgan fingerprint density at radius 2 is 1.86 bits per heavy atom. The normalized spacial score (nSPS) is 18.7. The fraction of sp³-hybridized carbons (Fsp3) is 0.432. The van der Waals surface area contributed by atoms with Crippen molar-refractivity contribution in [2.45, 2.75) is 44.1 Å². The number of H-pyrrole nitrogens is 1. The first-order chi connectivity index (χ1) is 24.1. The van der Waals surface area contributed by atoms with Crippen LogP contribution >= 0.6 is 0 Å². The maximum Gasteiger partial charge on any atom is 0.257 e. The number of aromatic amines is 1. The van der Waals surface area contributed by atoms with E-state index in [4.69, 9.17) is 14.5 Å². The molecule has 2 aliphatic rings. The molecule has 1 amide bonds. The lowest BCUT2D eigenvalue weighted by Gasteiger charge is -2.40. The number of nitrogens with zero attached hydrogens (tertiary/aromatic N) is 8. The molecule has 12 nitrogen and oxygen atoms in total. The number of tetrazole rings is 1. The van der Waals surface area contributed by atoms with Crippen molar-refractivity contribution in [2.24, 2.45) is 0 Å². The molecule has 2 aliphatic heterocycles. The van der Waals surface area contributed by atoms with Gasteiger partial charge in [0.25, 0.3) is 5.91 Å². The third-order valence-corrected chi connectivity index (χ3v) is 10.3. The molecule has 2 fully saturated rings. The second kappa shape index (κ2) is 14.8. The van der Waals surface area contributed by atoms with E-state index in [1.54, 1.807) is 17.9 Å². The molecule has 1 N–H and O–H groups in total. The molecule has 0 radical (unpaired) electrons. The zero-order valence-electron chi connectivity index (χ0n) is 28.4. The summed E-state index contributed by atoms with van der Waals surface area (Å²) in [4.78, 5) is 29.6. The molecule has 2 aromatic heterocycles. The van der Waals surface area contributed by atoms with Crippen LogP contribution in [0.4, 0.5) is 5.95 Å². The Hall–Kier alpha value is -4.81. The SMILES string of the molecule is CCOCCN(c1nc2ccccc2[nH]1)C1CCN(CCC2(c3ccccc3)CCN(C(=O)c3cc(-n4cnnn4)ccc3OC)C2)CC1. The number of likely N-dealkylation sites (tertiary alicyclic amines) is 2. The van der Waals surface area contributed by atoms with Gasteiger partial charge in [0.05, 0.1) is 36.0 Å². The van der Waals surface area contributed by atoms with Crippen LogP contribution in [0.15, 0.2) is 79.1 Å². The van der Waals surface area contributed by atoms with Gasteiger partial charge >= 0.3 is 0 Å². The van der Waals surface area contributed by atoms with Crippen LogP contribution in [0.3, 0.4) is 0 Å². The summed E-state index contributed by atoms with van der Waals surface area (Å²) < 4.78 is 12.9. The number of benzene rings is 3. The number of aromatic nitrogens is 6. The number of hydrogen-bond donors (Lipinski definition) is 1. The van der Waals surface area contributed by atoms with Crippen molar-refractivity contribution >= 4 is 22.9 Å². The molecule has 2 saturated heterocycles. The van der Waals surface area contributed by atoms with Gasteiger partial charge in [-0.3, -0.25) is 4.79 Å². The predicted octanol–water partition coefficient (Wildman–Crippen LogP) is 4.73. The summed E-state index contributed by atoms with van der Waals surface area (Å²) in [6.45, 7) is 8.58. The number of amides is 1. The summed E-state index contributed by atoms with van der Waals surface area (Å²) in [6.07, 6.45) is 5.52. The number of hydrogen-bond acceptors (Lipinski definition) is 9. The lowest BCUT2D eigenvalue weighted by atomic mass is 9.76. The van der Waals surface area contributed by atoms with Crippen molar-refractivity contribution in [3.63, 3.8) is 0 Å². The van der Waals surface area contributed by atoms with E-state index in [-0.39, 0.29) is 11.3 Å². The van der Waals surface area contributed by atoms with Crippen molar-refractivity contribution < 1.29 is 14.3 Å². The van der Waals surface area contributed by atoms with E-state index in [1.807, 2.05) is 36.1 Å². The van der Waals surface area contributed by atoms with E-state index in [0.717, 1.165) is 68.8 Å². The van der Waals surface area contributed by atoms with Crippen molar-refractivity contribution in [1.82, 2.24) is 40.0 Å². The van der Waals surface area contributed by atoms with Gasteiger partial charge in [-0.2, -0.15) is 0 Å². The summed E-state index contributed by atoms with van der Waals surface area (Å²) in [5, 5.41) is 11.5. The maximum absolute atomic E-state index is 14.1. The number of nitrogens with one attached hydrogen (secondary N) is 1. The van der Waals surface area contributed by atoms with Gasteiger partial charge in [0.2, 0.25) is 5.95 Å². The molecule has 256 valence electrons. The number of para-hydroxylation sites is 2. The van der Waals surface area contributed by atoms with Gasteiger partial charge in [0.1, 0.15) is 12.1 Å². The fourth-order valence-electron chi connectivity index (χ4n) is 7.55. The van der Waals surface area contributed by atoms with E-state index < -0.39 is 0 Å². The topological polar surface area (TPSA) is 118 Å². The molecule has 1 unspecified atom stereocenters. The Bertz CT molecular complexity index is 1790. The number of methoxy groups -OCH3 is 1. The molecule has 0 spiro atoms. The number of piperidine rings is 1. The molecule has 0 bridgehead atoms. The molecule has 4 heterocycles. The van der Waals surface area contributed by atoms with E-state index in [0.29, 0.717) is 49.3 Å². The lowest BCUT2D eigenvalue weighted by molar-refractivity contribution is 0.0776. The van der Waals surface area contributed by atoms with Gasteiger partial charge in [-0.1, -0.05) is 42.5 Å². The second-order valence-corrected chi connectivity index (χ2v) is 13.1. The van der Waals surface area contributed by atoms with Gasteiger partial charge in [0.15, 0.2) is 0 Å². The van der Waals surface area contributed by atoms with Gasteiger partial charge in [-0.25, -0.2) is 9.67 Å². The number of carbonyl (C=O) groups excluding carboxylic acids is 1. The summed E-state index contributed by atoms with van der Waals surface area (Å²) in [5.74, 6) is 1.43. The largest absolute Gasteiger partial charge is 0.496 e. The molecule has 12 heteroatoms. The Morgan fingerprint density at radius 3 is 2.61 bits per heavy atom. The number of ether oxygens (including phenoxy) is 2. The van der Waals surface area contributed by atoms with Crippen molar-refractivity contribution in [3.8, 4) is 11.4 Å². The van der Waals surface area contributed by atoms with Crippen LogP contribution in [0.25, 0.3) is 16.7 Å². The first-order valence-electron chi connectivity index (χ1n) is 17.3. The Morgan fingerprint density at radius 1 is 1.04 bits per heavy atom. The van der Waals surface area contributed by atoms with Crippen LogP contribution in [-0.2, 0) is 10.2 Å². The monoisotopic (exact) mass is 663 g/mol. The minimum absolute atomic E-state index is 0.0388. The van der Waals surface area contributed by atoms with Gasteiger partial charge in [0, 0.05) is 50.8 Å². The smallest absolute Gasteiger partial charge is 0.257 e. The molecule has 3 aromatic carbocycles. The first kappa shape index (κ1) is 32.7. The number of imidazole rings is 1. The summed E-state index contributed by atoms with van der Waals surface area (Å²) in [5.41, 5.74) is 4.44. The zero-order chi connectivity index (χ0) is 33.6. The van der Waals surface area contributed by atoms with Gasteiger partial charge < -0.3 is 29.2 Å². The van der Waals surface area contributed by atoms with Gasteiger partial charge in [-0.05, 0) is 85.5 Å². The summed E-state index contributed by atoms with van der Waals surface area (Å²) in [6, 6.07) is 24.8. The molecule has 7 rings (SSSR count). The molecule has 49 heavy (non-hydrogen) atoms. The molecule has 5 aromatic rings. The highest BCUT2D eigenvalue weighted by Gasteiger charge is 2.42. The van der Waals surface area contributed by atoms with Crippen LogP contribution in [-0.4, -0.2) is 112 Å². The average Bonchev–Trinajstić information content (AvgIpc) is 3.94. The molecule has 0 aliphatic carbocycles. The Kier molecular flexibility index (Phi) is 9.85. The highest BCUT2D eigenvalue weighted by atomic mass is 16.5. The Balaban J connectivity index is 1.04. The minimum atomic E-state index is -0.133. The fourth-order valence-corrected chi connectivity index (χ4v) is 7.55. The quantitative estimate of drug-likeness (QED) is 0.179. The lowest BCUT2D eigenvalue weighted by Crippen LogP contribution is -2.47. The Labute approximate surface area is 287 Å². The predicted molar refractivity (Wildman–Crippen MR) is 188 cm³/mol. The maximum atomic E-state index is 14.1. The van der Waals surface area contributed by atoms with Crippen molar-refractivity contribution in [1.29, 1.82) is 0 Å².